The first-order chi connectivity index (χ1) is 22.2. The van der Waals surface area contributed by atoms with Crippen LogP contribution in [0.15, 0.2) is 89.6 Å². The van der Waals surface area contributed by atoms with Crippen molar-refractivity contribution in [3.05, 3.63) is 95.1 Å². The molecule has 2 heterocycles. The van der Waals surface area contributed by atoms with Gasteiger partial charge in [0.2, 0.25) is 11.8 Å². The molecule has 0 saturated heterocycles. The van der Waals surface area contributed by atoms with Crippen LogP contribution in [0.25, 0.3) is 10.8 Å². The second-order valence-corrected chi connectivity index (χ2v) is 14.8. The van der Waals surface area contributed by atoms with Crippen molar-refractivity contribution in [3.8, 4) is 5.75 Å². The van der Waals surface area contributed by atoms with Crippen LogP contribution in [0.4, 0.5) is 5.69 Å². The number of amides is 2. The van der Waals surface area contributed by atoms with Gasteiger partial charge in [0, 0.05) is 60.1 Å². The largest absolute Gasteiger partial charge is 0.512 e. The van der Waals surface area contributed by atoms with Gasteiger partial charge in [-0.25, -0.2) is 0 Å². The van der Waals surface area contributed by atoms with Crippen LogP contribution in [0.5, 0.6) is 5.75 Å². The standard InChI is InChI=1S/C38H38Cl2N2O4/c1-22(2)46-32-15-30-34(28-11-6-4-9-26(28)32)24(17-40)19-42(30)36(45)38-13-7-12-37(20-38,21-38)35(44)41-18-23(16-39)33-27-10-5-3-8-25(27)31(43)14-29(33)41/h3-6,9-11,14-15,23-25,43H,1,7-8,12-13,16-21H2,2H3/t23-,24-,25?,37-,38+/m1/s1. The predicted molar refractivity (Wildman–Crippen MR) is 182 cm³/mol. The van der Waals surface area contributed by atoms with Crippen LogP contribution in [-0.2, 0) is 9.59 Å². The number of carbonyl (C=O) groups excluding carboxylic acids is 2. The van der Waals surface area contributed by atoms with E-state index >= 15 is 0 Å². The molecule has 238 valence electrons. The van der Waals surface area contributed by atoms with Crippen molar-refractivity contribution < 1.29 is 19.4 Å². The summed E-state index contributed by atoms with van der Waals surface area (Å²) in [6.07, 6.45) is 12.1. The summed E-state index contributed by atoms with van der Waals surface area (Å²) in [5, 5.41) is 13.0. The van der Waals surface area contributed by atoms with Gasteiger partial charge in [0.05, 0.1) is 28.0 Å². The van der Waals surface area contributed by atoms with E-state index < -0.39 is 10.8 Å². The third kappa shape index (κ3) is 4.22. The second kappa shape index (κ2) is 10.8. The summed E-state index contributed by atoms with van der Waals surface area (Å²) in [4.78, 5) is 33.0. The average molecular weight is 658 g/mol. The predicted octanol–water partition coefficient (Wildman–Crippen LogP) is 8.28. The lowest BCUT2D eigenvalue weighted by Gasteiger charge is -2.60. The number of benzene rings is 2. The molecule has 2 aliphatic heterocycles. The Kier molecular flexibility index (Phi) is 7.01. The summed E-state index contributed by atoms with van der Waals surface area (Å²) in [6.45, 7) is 6.78. The molecule has 1 unspecified atom stereocenters. The minimum Gasteiger partial charge on any atom is -0.512 e. The molecule has 1 N–H and O–H groups in total. The van der Waals surface area contributed by atoms with Gasteiger partial charge in [-0.1, -0.05) is 55.5 Å². The molecule has 7 aliphatic rings. The summed E-state index contributed by atoms with van der Waals surface area (Å²) in [7, 11) is 0. The summed E-state index contributed by atoms with van der Waals surface area (Å²) in [5.74, 6) is 2.43. The first-order valence-corrected chi connectivity index (χ1v) is 17.4. The molecule has 0 aromatic heterocycles. The van der Waals surface area contributed by atoms with Crippen LogP contribution in [0, 0.1) is 22.7 Å². The zero-order valence-electron chi connectivity index (χ0n) is 26.0. The van der Waals surface area contributed by atoms with E-state index in [9.17, 15) is 14.7 Å². The van der Waals surface area contributed by atoms with Crippen LogP contribution in [0.2, 0.25) is 0 Å². The van der Waals surface area contributed by atoms with Crippen molar-refractivity contribution in [2.75, 3.05) is 29.7 Å². The fourth-order valence-electron chi connectivity index (χ4n) is 9.50. The van der Waals surface area contributed by atoms with Gasteiger partial charge in [-0.3, -0.25) is 9.59 Å². The number of fused-ring (bicyclic) bond motifs is 7. The molecular weight excluding hydrogens is 619 g/mol. The van der Waals surface area contributed by atoms with E-state index in [1.807, 2.05) is 47.1 Å². The first-order valence-electron chi connectivity index (χ1n) is 16.4. The van der Waals surface area contributed by atoms with Crippen molar-refractivity contribution in [2.24, 2.45) is 22.7 Å². The number of rotatable bonds is 6. The molecule has 3 fully saturated rings. The molecule has 0 radical (unpaired) electrons. The normalized spacial score (nSPS) is 30.7. The number of nitrogens with zero attached hydrogens (tertiary/aromatic N) is 2. The van der Waals surface area contributed by atoms with Gasteiger partial charge in [0.25, 0.3) is 0 Å². The first kappa shape index (κ1) is 29.9. The number of aliphatic hydroxyl groups excluding tert-OH is 1. The summed E-state index contributed by atoms with van der Waals surface area (Å²) in [6, 6.07) is 10.1. The zero-order valence-corrected chi connectivity index (χ0v) is 27.5. The van der Waals surface area contributed by atoms with E-state index in [2.05, 4.69) is 24.8 Å². The highest BCUT2D eigenvalue weighted by Crippen LogP contribution is 2.66. The molecular formula is C38H38Cl2N2O4. The minimum atomic E-state index is -0.597. The third-order valence-electron chi connectivity index (χ3n) is 11.3. The highest BCUT2D eigenvalue weighted by Gasteiger charge is 2.66. The Hall–Kier alpha value is -3.48. The van der Waals surface area contributed by atoms with Crippen molar-refractivity contribution in [3.63, 3.8) is 0 Å². The fourth-order valence-corrected chi connectivity index (χ4v) is 10.0. The zero-order chi connectivity index (χ0) is 32.0. The Labute approximate surface area is 279 Å². The summed E-state index contributed by atoms with van der Waals surface area (Å²) < 4.78 is 6.08. The number of carbonyl (C=O) groups is 2. The SMILES string of the molecule is C=C(C)Oc1cc2c(c3ccccc13)[C@H](CCl)CN2C(=O)[C@]12CCC[C@](C(=O)N3C[C@@H](CCl)C4=C3C=C(O)C3CC=CC=C43)(C1)C2. The Bertz CT molecular complexity index is 1830. The van der Waals surface area contributed by atoms with Gasteiger partial charge >= 0.3 is 0 Å². The Balaban J connectivity index is 1.11. The van der Waals surface area contributed by atoms with Gasteiger partial charge in [0.15, 0.2) is 0 Å². The molecule has 5 aliphatic carbocycles. The van der Waals surface area contributed by atoms with E-state index in [0.717, 1.165) is 64.5 Å². The van der Waals surface area contributed by atoms with E-state index in [1.165, 1.54) is 0 Å². The highest BCUT2D eigenvalue weighted by molar-refractivity contribution is 6.19. The fraction of sp³-hybridized carbons (Fsp3) is 0.421. The maximum atomic E-state index is 14.7. The molecule has 46 heavy (non-hydrogen) atoms. The number of hydrogen-bond donors (Lipinski definition) is 1. The van der Waals surface area contributed by atoms with Crippen LogP contribution < -0.4 is 9.64 Å². The lowest BCUT2D eigenvalue weighted by atomic mass is 9.44. The van der Waals surface area contributed by atoms with Crippen LogP contribution in [-0.4, -0.2) is 46.7 Å². The van der Waals surface area contributed by atoms with Crippen molar-refractivity contribution in [1.82, 2.24) is 4.90 Å². The van der Waals surface area contributed by atoms with Gasteiger partial charge < -0.3 is 19.6 Å². The Morgan fingerprint density at radius 1 is 1.02 bits per heavy atom. The number of hydrogen-bond acceptors (Lipinski definition) is 4. The molecule has 3 saturated carbocycles. The van der Waals surface area contributed by atoms with Crippen LogP contribution in [0.3, 0.4) is 0 Å². The number of halogens is 2. The lowest BCUT2D eigenvalue weighted by Crippen LogP contribution is -2.63. The molecule has 2 aromatic carbocycles. The van der Waals surface area contributed by atoms with Gasteiger partial charge in [-0.15, -0.1) is 23.2 Å². The quantitative estimate of drug-likeness (QED) is 0.251. The van der Waals surface area contributed by atoms with Crippen molar-refractivity contribution >= 4 is 51.5 Å². The molecule has 9 rings (SSSR count). The van der Waals surface area contributed by atoms with Gasteiger partial charge in [-0.2, -0.15) is 0 Å². The monoisotopic (exact) mass is 656 g/mol. The average Bonchev–Trinajstić information content (AvgIpc) is 3.62. The molecule has 2 amide bonds. The molecule has 8 heteroatoms. The van der Waals surface area contributed by atoms with Crippen molar-refractivity contribution in [2.45, 2.75) is 51.4 Å². The van der Waals surface area contributed by atoms with Crippen LogP contribution in [0.1, 0.15) is 56.9 Å². The Morgan fingerprint density at radius 3 is 2.39 bits per heavy atom. The smallest absolute Gasteiger partial charge is 0.233 e. The van der Waals surface area contributed by atoms with Crippen molar-refractivity contribution in [1.29, 1.82) is 0 Å². The second-order valence-electron chi connectivity index (χ2n) is 14.2. The number of ether oxygens (including phenoxy) is 1. The minimum absolute atomic E-state index is 0.00294. The van der Waals surface area contributed by atoms with Gasteiger partial charge in [0.1, 0.15) is 11.5 Å². The van der Waals surface area contributed by atoms with E-state index in [0.29, 0.717) is 55.0 Å². The summed E-state index contributed by atoms with van der Waals surface area (Å²) >= 11 is 13.1. The molecule has 6 nitrogen and oxygen atoms in total. The van der Waals surface area contributed by atoms with Gasteiger partial charge in [-0.05, 0) is 61.1 Å². The maximum Gasteiger partial charge on any atom is 0.233 e. The summed E-state index contributed by atoms with van der Waals surface area (Å²) in [5.41, 5.74) is 3.68. The highest BCUT2D eigenvalue weighted by atomic mass is 35.5. The van der Waals surface area contributed by atoms with E-state index in [4.69, 9.17) is 27.9 Å². The number of alkyl halides is 2. The maximum absolute atomic E-state index is 14.7. The molecule has 0 spiro atoms. The molecule has 3 atom stereocenters. The number of allylic oxidation sites excluding steroid dienone is 6. The van der Waals surface area contributed by atoms with Crippen LogP contribution >= 0.6 is 23.2 Å². The number of anilines is 1. The lowest BCUT2D eigenvalue weighted by molar-refractivity contribution is -0.173. The Morgan fingerprint density at radius 2 is 1.70 bits per heavy atom. The molecule has 2 bridgehead atoms. The number of aliphatic hydroxyl groups is 1. The third-order valence-corrected chi connectivity index (χ3v) is 12.1. The van der Waals surface area contributed by atoms with E-state index in [-0.39, 0.29) is 29.6 Å². The molecule has 2 aromatic rings. The van der Waals surface area contributed by atoms with E-state index in [1.54, 1.807) is 6.08 Å². The topological polar surface area (TPSA) is 70.1 Å².